The summed E-state index contributed by atoms with van der Waals surface area (Å²) in [5.41, 5.74) is 4.87. The molecule has 4 aromatic rings. The highest BCUT2D eigenvalue weighted by atomic mass is 35.5. The fraction of sp³-hybridized carbons (Fsp3) is 0.0870. The molecule has 4 rings (SSSR count). The van der Waals surface area contributed by atoms with Gasteiger partial charge in [0.05, 0.1) is 17.9 Å². The van der Waals surface area contributed by atoms with Crippen LogP contribution in [-0.4, -0.2) is 9.67 Å². The Morgan fingerprint density at radius 3 is 2.50 bits per heavy atom. The highest BCUT2D eigenvalue weighted by Crippen LogP contribution is 2.32. The monoisotopic (exact) mass is 406 g/mol. The highest BCUT2D eigenvalue weighted by Gasteiger charge is 2.13. The number of para-hydroxylation sites is 1. The Bertz CT molecular complexity index is 1160. The molecule has 0 bridgehead atoms. The SMILES string of the molecule is Cc1ccc(Cn2c(-c3cc(Cl)ccc3O)csc2=Nc2ccccc2)cc1. The van der Waals surface area contributed by atoms with Crippen LogP contribution in [0.3, 0.4) is 0 Å². The van der Waals surface area contributed by atoms with Gasteiger partial charge in [-0.2, -0.15) is 0 Å². The van der Waals surface area contributed by atoms with Crippen molar-refractivity contribution in [2.45, 2.75) is 13.5 Å². The predicted molar refractivity (Wildman–Crippen MR) is 116 cm³/mol. The molecule has 0 saturated carbocycles. The Balaban J connectivity index is 1.88. The molecule has 0 saturated heterocycles. The van der Waals surface area contributed by atoms with Gasteiger partial charge in [-0.3, -0.25) is 0 Å². The van der Waals surface area contributed by atoms with Crippen molar-refractivity contribution in [2.24, 2.45) is 4.99 Å². The van der Waals surface area contributed by atoms with Gasteiger partial charge < -0.3 is 9.67 Å². The van der Waals surface area contributed by atoms with Crippen molar-refractivity contribution in [3.63, 3.8) is 0 Å². The van der Waals surface area contributed by atoms with E-state index < -0.39 is 0 Å². The van der Waals surface area contributed by atoms with E-state index in [1.165, 1.54) is 11.1 Å². The van der Waals surface area contributed by atoms with Crippen LogP contribution in [-0.2, 0) is 6.54 Å². The molecule has 5 heteroatoms. The Morgan fingerprint density at radius 2 is 1.75 bits per heavy atom. The topological polar surface area (TPSA) is 37.5 Å². The number of phenolic OH excluding ortho intramolecular Hbond substituents is 1. The molecule has 1 heterocycles. The molecule has 28 heavy (non-hydrogen) atoms. The summed E-state index contributed by atoms with van der Waals surface area (Å²) in [6.07, 6.45) is 0. The average molecular weight is 407 g/mol. The van der Waals surface area contributed by atoms with Crippen LogP contribution in [0.4, 0.5) is 5.69 Å². The fourth-order valence-corrected chi connectivity index (χ4v) is 4.08. The summed E-state index contributed by atoms with van der Waals surface area (Å²) in [5, 5.41) is 13.0. The molecule has 0 radical (unpaired) electrons. The minimum atomic E-state index is 0.200. The number of nitrogens with zero attached hydrogens (tertiary/aromatic N) is 2. The molecule has 0 amide bonds. The third kappa shape index (κ3) is 4.03. The van der Waals surface area contributed by atoms with Crippen molar-refractivity contribution in [1.82, 2.24) is 4.57 Å². The van der Waals surface area contributed by atoms with Gasteiger partial charge in [0, 0.05) is 16.0 Å². The Morgan fingerprint density at radius 1 is 1.00 bits per heavy atom. The number of halogens is 1. The Hall–Kier alpha value is -2.82. The van der Waals surface area contributed by atoms with Crippen LogP contribution >= 0.6 is 22.9 Å². The van der Waals surface area contributed by atoms with E-state index in [1.54, 1.807) is 29.5 Å². The van der Waals surface area contributed by atoms with Crippen molar-refractivity contribution in [2.75, 3.05) is 0 Å². The van der Waals surface area contributed by atoms with Gasteiger partial charge in [-0.1, -0.05) is 59.6 Å². The first-order valence-corrected chi connectivity index (χ1v) is 10.2. The molecule has 1 N–H and O–H groups in total. The maximum atomic E-state index is 10.4. The number of phenols is 1. The molecule has 0 fully saturated rings. The first-order chi connectivity index (χ1) is 13.6. The van der Waals surface area contributed by atoms with Gasteiger partial charge in [0.2, 0.25) is 0 Å². The highest BCUT2D eigenvalue weighted by molar-refractivity contribution is 7.07. The Kier molecular flexibility index (Phi) is 5.33. The van der Waals surface area contributed by atoms with Crippen LogP contribution in [0, 0.1) is 6.92 Å². The predicted octanol–water partition coefficient (Wildman–Crippen LogP) is 6.16. The fourth-order valence-electron chi connectivity index (χ4n) is 2.99. The standard InChI is InChI=1S/C23H19ClN2OS/c1-16-7-9-17(10-8-16)14-26-21(20-13-18(24)11-12-22(20)27)15-28-23(26)25-19-5-3-2-4-6-19/h2-13,15,27H,14H2,1H3. The quantitative estimate of drug-likeness (QED) is 0.432. The number of aromatic nitrogens is 1. The number of hydrogen-bond donors (Lipinski definition) is 1. The van der Waals surface area contributed by atoms with E-state index in [0.717, 1.165) is 16.2 Å². The first kappa shape index (κ1) is 18.5. The molecule has 3 aromatic carbocycles. The van der Waals surface area contributed by atoms with Crippen molar-refractivity contribution in [3.8, 4) is 17.0 Å². The van der Waals surface area contributed by atoms with Gasteiger partial charge >= 0.3 is 0 Å². The summed E-state index contributed by atoms with van der Waals surface area (Å²) in [7, 11) is 0. The number of rotatable bonds is 4. The molecule has 140 valence electrons. The van der Waals surface area contributed by atoms with Crippen LogP contribution < -0.4 is 4.80 Å². The lowest BCUT2D eigenvalue weighted by Crippen LogP contribution is -2.16. The molecular formula is C23H19ClN2OS. The lowest BCUT2D eigenvalue weighted by atomic mass is 10.1. The zero-order valence-corrected chi connectivity index (χ0v) is 16.9. The number of thiazole rings is 1. The van der Waals surface area contributed by atoms with Gasteiger partial charge in [-0.25, -0.2) is 4.99 Å². The molecular weight excluding hydrogens is 388 g/mol. The van der Waals surface area contributed by atoms with Gasteiger partial charge in [-0.15, -0.1) is 11.3 Å². The summed E-state index contributed by atoms with van der Waals surface area (Å²) in [5.74, 6) is 0.200. The number of aromatic hydroxyl groups is 1. The third-order valence-corrected chi connectivity index (χ3v) is 5.57. The molecule has 1 aromatic heterocycles. The molecule has 0 atom stereocenters. The molecule has 0 aliphatic heterocycles. The minimum absolute atomic E-state index is 0.200. The normalized spacial score (nSPS) is 11.7. The van der Waals surface area contributed by atoms with Gasteiger partial charge in [-0.05, 0) is 42.8 Å². The van der Waals surface area contributed by atoms with Crippen molar-refractivity contribution in [1.29, 1.82) is 0 Å². The number of hydrogen-bond acceptors (Lipinski definition) is 3. The van der Waals surface area contributed by atoms with Crippen molar-refractivity contribution < 1.29 is 5.11 Å². The summed E-state index contributed by atoms with van der Waals surface area (Å²) in [4.78, 5) is 5.68. The van der Waals surface area contributed by atoms with Crippen LogP contribution in [0.25, 0.3) is 11.3 Å². The minimum Gasteiger partial charge on any atom is -0.507 e. The summed E-state index contributed by atoms with van der Waals surface area (Å²) in [6, 6.07) is 23.4. The van der Waals surface area contributed by atoms with Crippen LogP contribution in [0.5, 0.6) is 5.75 Å². The number of aryl methyl sites for hydroxylation is 1. The van der Waals surface area contributed by atoms with E-state index in [1.807, 2.05) is 35.7 Å². The smallest absolute Gasteiger partial charge is 0.190 e. The van der Waals surface area contributed by atoms with E-state index in [0.29, 0.717) is 17.1 Å². The van der Waals surface area contributed by atoms with Crippen LogP contribution in [0.15, 0.2) is 83.2 Å². The molecule has 0 aliphatic carbocycles. The third-order valence-electron chi connectivity index (χ3n) is 4.47. The lowest BCUT2D eigenvalue weighted by molar-refractivity contribution is 0.476. The van der Waals surface area contributed by atoms with Crippen molar-refractivity contribution in [3.05, 3.63) is 99.1 Å². The molecule has 0 unspecified atom stereocenters. The zero-order chi connectivity index (χ0) is 19.5. The second kappa shape index (κ2) is 8.05. The van der Waals surface area contributed by atoms with Crippen molar-refractivity contribution >= 4 is 28.6 Å². The molecule has 0 spiro atoms. The van der Waals surface area contributed by atoms with E-state index >= 15 is 0 Å². The summed E-state index contributed by atoms with van der Waals surface area (Å²) >= 11 is 7.74. The maximum absolute atomic E-state index is 10.4. The second-order valence-corrected chi connectivity index (χ2v) is 7.86. The van der Waals surface area contributed by atoms with E-state index in [-0.39, 0.29) is 5.75 Å². The van der Waals surface area contributed by atoms with Crippen LogP contribution in [0.2, 0.25) is 5.02 Å². The zero-order valence-electron chi connectivity index (χ0n) is 15.3. The maximum Gasteiger partial charge on any atom is 0.190 e. The van der Waals surface area contributed by atoms with Gasteiger partial charge in [0.1, 0.15) is 5.75 Å². The molecule has 3 nitrogen and oxygen atoms in total. The van der Waals surface area contributed by atoms with Gasteiger partial charge in [0.15, 0.2) is 4.80 Å². The van der Waals surface area contributed by atoms with E-state index in [2.05, 4.69) is 35.8 Å². The summed E-state index contributed by atoms with van der Waals surface area (Å²) in [6.45, 7) is 2.73. The van der Waals surface area contributed by atoms with E-state index in [4.69, 9.17) is 16.6 Å². The van der Waals surface area contributed by atoms with E-state index in [9.17, 15) is 5.11 Å². The first-order valence-electron chi connectivity index (χ1n) is 8.93. The van der Waals surface area contributed by atoms with Crippen LogP contribution in [0.1, 0.15) is 11.1 Å². The van der Waals surface area contributed by atoms with Gasteiger partial charge in [0.25, 0.3) is 0 Å². The lowest BCUT2D eigenvalue weighted by Gasteiger charge is -2.11. The number of benzene rings is 3. The summed E-state index contributed by atoms with van der Waals surface area (Å²) < 4.78 is 2.12. The Labute approximate surface area is 172 Å². The second-order valence-electron chi connectivity index (χ2n) is 6.58. The largest absolute Gasteiger partial charge is 0.507 e. The average Bonchev–Trinajstić information content (AvgIpc) is 3.08. The molecule has 0 aliphatic rings.